The first kappa shape index (κ1) is 21.2. The summed E-state index contributed by atoms with van der Waals surface area (Å²) in [6.45, 7) is 2.14. The van der Waals surface area contributed by atoms with Gasteiger partial charge in [-0.2, -0.15) is 0 Å². The lowest BCUT2D eigenvalue weighted by Gasteiger charge is -2.31. The average molecular weight is 445 g/mol. The van der Waals surface area contributed by atoms with Gasteiger partial charge in [0, 0.05) is 36.6 Å². The van der Waals surface area contributed by atoms with Gasteiger partial charge in [0.25, 0.3) is 5.91 Å². The third kappa shape index (κ3) is 4.35. The SMILES string of the molecule is NC(=O)C1CCN(c2ccc3cccc(OCC(=O)N4CCCc5ccccc54)c3n2)CC1. The fraction of sp³-hybridized carbons (Fsp3) is 0.346. The van der Waals surface area contributed by atoms with Gasteiger partial charge in [-0.1, -0.05) is 30.3 Å². The first-order valence-corrected chi connectivity index (χ1v) is 11.6. The van der Waals surface area contributed by atoms with E-state index in [1.165, 1.54) is 5.56 Å². The molecule has 1 saturated heterocycles. The topological polar surface area (TPSA) is 88.8 Å². The minimum atomic E-state index is -0.224. The molecule has 2 N–H and O–H groups in total. The number of hydrogen-bond donors (Lipinski definition) is 1. The van der Waals surface area contributed by atoms with Gasteiger partial charge in [0.15, 0.2) is 6.61 Å². The van der Waals surface area contributed by atoms with E-state index in [2.05, 4.69) is 11.0 Å². The number of nitrogens with two attached hydrogens (primary N) is 1. The van der Waals surface area contributed by atoms with Crippen LogP contribution in [0.2, 0.25) is 0 Å². The van der Waals surface area contributed by atoms with Gasteiger partial charge in [0.05, 0.1) is 0 Å². The van der Waals surface area contributed by atoms with Crippen LogP contribution in [-0.2, 0) is 16.0 Å². The van der Waals surface area contributed by atoms with Crippen molar-refractivity contribution in [2.75, 3.05) is 36.0 Å². The maximum Gasteiger partial charge on any atom is 0.264 e. The van der Waals surface area contributed by atoms with Crippen molar-refractivity contribution in [1.82, 2.24) is 4.98 Å². The first-order valence-electron chi connectivity index (χ1n) is 11.6. The van der Waals surface area contributed by atoms with Gasteiger partial charge in [-0.3, -0.25) is 9.59 Å². The Kier molecular flexibility index (Phi) is 5.86. The molecule has 3 aromatic rings. The number of carbonyl (C=O) groups is 2. The summed E-state index contributed by atoms with van der Waals surface area (Å²) in [5.74, 6) is 1.10. The van der Waals surface area contributed by atoms with Crippen molar-refractivity contribution in [2.24, 2.45) is 11.7 Å². The number of anilines is 2. The second-order valence-corrected chi connectivity index (χ2v) is 8.73. The molecule has 1 aromatic heterocycles. The monoisotopic (exact) mass is 444 g/mol. The number of nitrogens with zero attached hydrogens (tertiary/aromatic N) is 3. The number of hydrogen-bond acceptors (Lipinski definition) is 5. The number of carbonyl (C=O) groups excluding carboxylic acids is 2. The predicted molar refractivity (Wildman–Crippen MR) is 128 cm³/mol. The average Bonchev–Trinajstić information content (AvgIpc) is 2.86. The van der Waals surface area contributed by atoms with Crippen LogP contribution in [0.5, 0.6) is 5.75 Å². The number of ether oxygens (including phenoxy) is 1. The second kappa shape index (κ2) is 9.10. The lowest BCUT2D eigenvalue weighted by atomic mass is 9.96. The minimum Gasteiger partial charge on any atom is -0.481 e. The number of amides is 2. The molecule has 0 radical (unpaired) electrons. The maximum atomic E-state index is 13.0. The Morgan fingerprint density at radius 3 is 2.64 bits per heavy atom. The van der Waals surface area contributed by atoms with Gasteiger partial charge in [0.1, 0.15) is 17.1 Å². The fourth-order valence-electron chi connectivity index (χ4n) is 4.81. The molecule has 0 bridgehead atoms. The van der Waals surface area contributed by atoms with Crippen molar-refractivity contribution in [3.05, 3.63) is 60.2 Å². The summed E-state index contributed by atoms with van der Waals surface area (Å²) in [6.07, 6.45) is 3.42. The summed E-state index contributed by atoms with van der Waals surface area (Å²) in [4.78, 5) is 33.3. The van der Waals surface area contributed by atoms with Crippen LogP contribution in [0.1, 0.15) is 24.8 Å². The largest absolute Gasteiger partial charge is 0.481 e. The minimum absolute atomic E-state index is 0.0383. The van der Waals surface area contributed by atoms with E-state index >= 15 is 0 Å². The molecule has 5 rings (SSSR count). The van der Waals surface area contributed by atoms with Crippen molar-refractivity contribution in [2.45, 2.75) is 25.7 Å². The molecule has 0 aliphatic carbocycles. The number of pyridine rings is 1. The van der Waals surface area contributed by atoms with Crippen LogP contribution in [0.15, 0.2) is 54.6 Å². The van der Waals surface area contributed by atoms with E-state index in [1.54, 1.807) is 0 Å². The lowest BCUT2D eigenvalue weighted by molar-refractivity contribution is -0.122. The normalized spacial score (nSPS) is 16.5. The van der Waals surface area contributed by atoms with E-state index in [9.17, 15) is 9.59 Å². The molecule has 2 aliphatic rings. The summed E-state index contributed by atoms with van der Waals surface area (Å²) < 4.78 is 6.01. The van der Waals surface area contributed by atoms with Crippen LogP contribution in [0.3, 0.4) is 0 Å². The van der Waals surface area contributed by atoms with E-state index in [1.807, 2.05) is 53.4 Å². The molecular weight excluding hydrogens is 416 g/mol. The maximum absolute atomic E-state index is 13.0. The molecule has 3 heterocycles. The Morgan fingerprint density at radius 1 is 1.00 bits per heavy atom. The lowest BCUT2D eigenvalue weighted by Crippen LogP contribution is -2.39. The molecule has 1 fully saturated rings. The van der Waals surface area contributed by atoms with E-state index in [-0.39, 0.29) is 24.3 Å². The van der Waals surface area contributed by atoms with Gasteiger partial charge in [-0.15, -0.1) is 0 Å². The van der Waals surface area contributed by atoms with Gasteiger partial charge in [-0.25, -0.2) is 4.98 Å². The molecule has 2 amide bonds. The van der Waals surface area contributed by atoms with Crippen LogP contribution in [0, 0.1) is 5.92 Å². The summed E-state index contributed by atoms with van der Waals surface area (Å²) >= 11 is 0. The molecular formula is C26H28N4O3. The van der Waals surface area contributed by atoms with Gasteiger partial charge in [-0.05, 0) is 55.5 Å². The molecule has 7 nitrogen and oxygen atoms in total. The van der Waals surface area contributed by atoms with Crippen LogP contribution in [0.4, 0.5) is 11.5 Å². The summed E-state index contributed by atoms with van der Waals surface area (Å²) in [7, 11) is 0. The second-order valence-electron chi connectivity index (χ2n) is 8.73. The standard InChI is InChI=1S/C26H28N4O3/c27-26(32)20-12-15-29(16-13-20)23-11-10-19-6-3-9-22(25(19)28-23)33-17-24(31)30-14-4-7-18-5-1-2-8-21(18)30/h1-3,5-6,8-11,20H,4,7,12-17H2,(H2,27,32). The Hall–Kier alpha value is -3.61. The zero-order chi connectivity index (χ0) is 22.8. The van der Waals surface area contributed by atoms with Gasteiger partial charge in [0.2, 0.25) is 5.91 Å². The highest BCUT2D eigenvalue weighted by Gasteiger charge is 2.25. The highest BCUT2D eigenvalue weighted by Crippen LogP contribution is 2.30. The quantitative estimate of drug-likeness (QED) is 0.652. The molecule has 33 heavy (non-hydrogen) atoms. The fourth-order valence-corrected chi connectivity index (χ4v) is 4.81. The Bertz CT molecular complexity index is 1190. The zero-order valence-electron chi connectivity index (χ0n) is 18.6. The van der Waals surface area contributed by atoms with Crippen LogP contribution in [0.25, 0.3) is 10.9 Å². The number of rotatable bonds is 5. The number of aryl methyl sites for hydroxylation is 1. The summed E-state index contributed by atoms with van der Waals surface area (Å²) in [5, 5.41) is 0.957. The number of aromatic nitrogens is 1. The number of para-hydroxylation sites is 2. The Labute approximate surface area is 193 Å². The van der Waals surface area contributed by atoms with Crippen LogP contribution in [-0.4, -0.2) is 43.0 Å². The zero-order valence-corrected chi connectivity index (χ0v) is 18.6. The highest BCUT2D eigenvalue weighted by atomic mass is 16.5. The molecule has 7 heteroatoms. The third-order valence-corrected chi connectivity index (χ3v) is 6.65. The summed E-state index contributed by atoms with van der Waals surface area (Å²) in [6, 6.07) is 17.8. The molecule has 2 aliphatic heterocycles. The predicted octanol–water partition coefficient (Wildman–Crippen LogP) is 3.29. The molecule has 2 aromatic carbocycles. The smallest absolute Gasteiger partial charge is 0.264 e. The molecule has 0 unspecified atom stereocenters. The highest BCUT2D eigenvalue weighted by molar-refractivity contribution is 5.96. The summed E-state index contributed by atoms with van der Waals surface area (Å²) in [5.41, 5.74) is 8.38. The van der Waals surface area contributed by atoms with Gasteiger partial charge >= 0.3 is 0 Å². The molecule has 0 spiro atoms. The molecule has 0 saturated carbocycles. The van der Waals surface area contributed by atoms with E-state index < -0.39 is 0 Å². The van der Waals surface area contributed by atoms with E-state index in [0.717, 1.165) is 61.2 Å². The third-order valence-electron chi connectivity index (χ3n) is 6.65. The van der Waals surface area contributed by atoms with Crippen molar-refractivity contribution in [3.8, 4) is 5.75 Å². The molecule has 0 atom stereocenters. The van der Waals surface area contributed by atoms with Crippen molar-refractivity contribution in [1.29, 1.82) is 0 Å². The number of piperidine rings is 1. The van der Waals surface area contributed by atoms with E-state index in [0.29, 0.717) is 12.3 Å². The Morgan fingerprint density at radius 2 is 1.82 bits per heavy atom. The number of fused-ring (bicyclic) bond motifs is 2. The van der Waals surface area contributed by atoms with Crippen molar-refractivity contribution < 1.29 is 14.3 Å². The number of primary amides is 1. The first-order chi connectivity index (χ1) is 16.1. The Balaban J connectivity index is 1.32. The van der Waals surface area contributed by atoms with Crippen LogP contribution < -0.4 is 20.3 Å². The van der Waals surface area contributed by atoms with Gasteiger partial charge < -0.3 is 20.3 Å². The van der Waals surface area contributed by atoms with E-state index in [4.69, 9.17) is 15.5 Å². The number of benzene rings is 2. The molecule has 170 valence electrons. The van der Waals surface area contributed by atoms with Crippen LogP contribution >= 0.6 is 0 Å². The van der Waals surface area contributed by atoms with Crippen molar-refractivity contribution in [3.63, 3.8) is 0 Å². The van der Waals surface area contributed by atoms with Crippen molar-refractivity contribution >= 4 is 34.2 Å².